The fourth-order valence-corrected chi connectivity index (χ4v) is 2.19. The molecule has 4 nitrogen and oxygen atoms in total. The van der Waals surface area contributed by atoms with Crippen molar-refractivity contribution < 1.29 is 9.53 Å². The second-order valence-corrected chi connectivity index (χ2v) is 4.27. The van der Waals surface area contributed by atoms with E-state index in [1.54, 1.807) is 0 Å². The Bertz CT molecular complexity index is 215. The molecular weight excluding hydrogens is 240 g/mol. The maximum atomic E-state index is 11.9. The summed E-state index contributed by atoms with van der Waals surface area (Å²) in [5, 5.41) is 0. The van der Waals surface area contributed by atoms with E-state index in [9.17, 15) is 4.79 Å². The molecule has 0 aromatic heterocycles. The van der Waals surface area contributed by atoms with Crippen LogP contribution in [-0.2, 0) is 9.53 Å². The van der Waals surface area contributed by atoms with Gasteiger partial charge in [-0.15, -0.1) is 12.4 Å². The van der Waals surface area contributed by atoms with Crippen molar-refractivity contribution in [3.63, 3.8) is 0 Å². The van der Waals surface area contributed by atoms with Crippen molar-refractivity contribution in [1.82, 2.24) is 4.90 Å². The van der Waals surface area contributed by atoms with Gasteiger partial charge in [0, 0.05) is 38.8 Å². The van der Waals surface area contributed by atoms with E-state index in [2.05, 4.69) is 0 Å². The number of hydrogen-bond donors (Lipinski definition) is 1. The van der Waals surface area contributed by atoms with Crippen LogP contribution in [0.2, 0.25) is 0 Å². The van der Waals surface area contributed by atoms with E-state index in [4.69, 9.17) is 10.5 Å². The molecule has 1 saturated heterocycles. The van der Waals surface area contributed by atoms with E-state index in [1.807, 2.05) is 11.8 Å². The number of rotatable bonds is 6. The summed E-state index contributed by atoms with van der Waals surface area (Å²) in [5.74, 6) is 0.245. The van der Waals surface area contributed by atoms with Gasteiger partial charge in [-0.25, -0.2) is 0 Å². The zero-order valence-electron chi connectivity index (χ0n) is 10.7. The number of hydrogen-bond acceptors (Lipinski definition) is 3. The molecule has 1 heterocycles. The van der Waals surface area contributed by atoms with Gasteiger partial charge in [0.05, 0.1) is 0 Å². The summed E-state index contributed by atoms with van der Waals surface area (Å²) in [5.41, 5.74) is 5.69. The number of nitrogens with zero attached hydrogens (tertiary/aromatic N) is 1. The SMILES string of the molecule is CCOCCCC(=O)N1CCCCC1CN.Cl. The Labute approximate surface area is 110 Å². The lowest BCUT2D eigenvalue weighted by atomic mass is 10.0. The van der Waals surface area contributed by atoms with Gasteiger partial charge >= 0.3 is 0 Å². The Morgan fingerprint density at radius 1 is 1.47 bits per heavy atom. The van der Waals surface area contributed by atoms with Crippen LogP contribution in [0.15, 0.2) is 0 Å². The van der Waals surface area contributed by atoms with Gasteiger partial charge < -0.3 is 15.4 Å². The summed E-state index contributed by atoms with van der Waals surface area (Å²) in [7, 11) is 0. The molecule has 0 aromatic carbocycles. The van der Waals surface area contributed by atoms with Crippen LogP contribution in [0.3, 0.4) is 0 Å². The maximum Gasteiger partial charge on any atom is 0.222 e. The second-order valence-electron chi connectivity index (χ2n) is 4.27. The van der Waals surface area contributed by atoms with Crippen LogP contribution in [-0.4, -0.2) is 43.2 Å². The molecule has 1 atom stereocenters. The third-order valence-electron chi connectivity index (χ3n) is 3.10. The van der Waals surface area contributed by atoms with Crippen molar-refractivity contribution in [2.45, 2.75) is 45.1 Å². The molecule has 0 bridgehead atoms. The largest absolute Gasteiger partial charge is 0.382 e. The van der Waals surface area contributed by atoms with Crippen molar-refractivity contribution in [3.8, 4) is 0 Å². The molecule has 0 radical (unpaired) electrons. The lowest BCUT2D eigenvalue weighted by Crippen LogP contribution is -2.47. The lowest BCUT2D eigenvalue weighted by molar-refractivity contribution is -0.135. The summed E-state index contributed by atoms with van der Waals surface area (Å²) >= 11 is 0. The predicted molar refractivity (Wildman–Crippen MR) is 71.4 cm³/mol. The summed E-state index contributed by atoms with van der Waals surface area (Å²) in [4.78, 5) is 13.9. The highest BCUT2D eigenvalue weighted by molar-refractivity contribution is 5.85. The Kier molecular flexibility index (Phi) is 9.50. The summed E-state index contributed by atoms with van der Waals surface area (Å²) in [6, 6.07) is 0.272. The molecule has 2 N–H and O–H groups in total. The highest BCUT2D eigenvalue weighted by atomic mass is 35.5. The lowest BCUT2D eigenvalue weighted by Gasteiger charge is -2.35. The Morgan fingerprint density at radius 3 is 2.88 bits per heavy atom. The second kappa shape index (κ2) is 9.68. The average Bonchev–Trinajstić information content (AvgIpc) is 2.34. The van der Waals surface area contributed by atoms with Crippen LogP contribution in [0.1, 0.15) is 39.0 Å². The molecule has 0 spiro atoms. The van der Waals surface area contributed by atoms with Gasteiger partial charge in [-0.05, 0) is 32.6 Å². The van der Waals surface area contributed by atoms with Crippen LogP contribution < -0.4 is 5.73 Å². The van der Waals surface area contributed by atoms with Gasteiger partial charge in [0.25, 0.3) is 0 Å². The van der Waals surface area contributed by atoms with Gasteiger partial charge in [0.15, 0.2) is 0 Å². The highest BCUT2D eigenvalue weighted by Crippen LogP contribution is 2.17. The minimum atomic E-state index is 0. The van der Waals surface area contributed by atoms with Gasteiger partial charge in [-0.1, -0.05) is 0 Å². The molecule has 1 fully saturated rings. The van der Waals surface area contributed by atoms with Crippen molar-refractivity contribution in [3.05, 3.63) is 0 Å². The van der Waals surface area contributed by atoms with E-state index in [0.29, 0.717) is 19.6 Å². The third kappa shape index (κ3) is 5.70. The molecular formula is C12H25ClN2O2. The fraction of sp³-hybridized carbons (Fsp3) is 0.917. The molecule has 0 aliphatic carbocycles. The maximum absolute atomic E-state index is 11.9. The van der Waals surface area contributed by atoms with Gasteiger partial charge in [0.2, 0.25) is 5.91 Å². The topological polar surface area (TPSA) is 55.6 Å². The number of piperidine rings is 1. The Balaban J connectivity index is 0.00000256. The van der Waals surface area contributed by atoms with Gasteiger partial charge in [-0.3, -0.25) is 4.79 Å². The van der Waals surface area contributed by atoms with E-state index in [0.717, 1.165) is 32.4 Å². The molecule has 17 heavy (non-hydrogen) atoms. The Hall–Kier alpha value is -0.320. The third-order valence-corrected chi connectivity index (χ3v) is 3.10. The van der Waals surface area contributed by atoms with Crippen LogP contribution in [0.4, 0.5) is 0 Å². The standard InChI is InChI=1S/C12H24N2O2.ClH/c1-2-16-9-5-7-12(15)14-8-4-3-6-11(14)10-13;/h11H,2-10,13H2,1H3;1H. The molecule has 5 heteroatoms. The monoisotopic (exact) mass is 264 g/mol. The first-order valence-electron chi connectivity index (χ1n) is 6.36. The number of likely N-dealkylation sites (tertiary alicyclic amines) is 1. The zero-order valence-corrected chi connectivity index (χ0v) is 11.5. The quantitative estimate of drug-likeness (QED) is 0.741. The van der Waals surface area contributed by atoms with Crippen molar-refractivity contribution in [2.75, 3.05) is 26.3 Å². The summed E-state index contributed by atoms with van der Waals surface area (Å²) in [6.07, 6.45) is 4.79. The minimum Gasteiger partial charge on any atom is -0.382 e. The highest BCUT2D eigenvalue weighted by Gasteiger charge is 2.24. The molecule has 0 saturated carbocycles. The molecule has 0 aromatic rings. The molecule has 1 rings (SSSR count). The first-order chi connectivity index (χ1) is 7.79. The summed E-state index contributed by atoms with van der Waals surface area (Å²) < 4.78 is 5.23. The van der Waals surface area contributed by atoms with Crippen LogP contribution >= 0.6 is 12.4 Å². The van der Waals surface area contributed by atoms with E-state index in [-0.39, 0.29) is 24.4 Å². The first-order valence-corrected chi connectivity index (χ1v) is 6.36. The molecule has 1 amide bonds. The van der Waals surface area contributed by atoms with Crippen molar-refractivity contribution >= 4 is 18.3 Å². The number of amides is 1. The number of ether oxygens (including phenoxy) is 1. The predicted octanol–water partition coefficient (Wildman–Crippen LogP) is 1.56. The van der Waals surface area contributed by atoms with E-state index in [1.165, 1.54) is 6.42 Å². The smallest absolute Gasteiger partial charge is 0.222 e. The van der Waals surface area contributed by atoms with E-state index < -0.39 is 0 Å². The molecule has 1 aliphatic heterocycles. The first kappa shape index (κ1) is 16.7. The van der Waals surface area contributed by atoms with E-state index >= 15 is 0 Å². The van der Waals surface area contributed by atoms with Crippen molar-refractivity contribution in [2.24, 2.45) is 5.73 Å². The van der Waals surface area contributed by atoms with Crippen LogP contribution in [0, 0.1) is 0 Å². The number of carbonyl (C=O) groups excluding carboxylic acids is 1. The molecule has 1 aliphatic rings. The number of carbonyl (C=O) groups is 1. The average molecular weight is 265 g/mol. The summed E-state index contributed by atoms with van der Waals surface area (Å²) in [6.45, 7) is 4.86. The fourth-order valence-electron chi connectivity index (χ4n) is 2.19. The van der Waals surface area contributed by atoms with Crippen molar-refractivity contribution in [1.29, 1.82) is 0 Å². The zero-order chi connectivity index (χ0) is 11.8. The number of nitrogens with two attached hydrogens (primary N) is 1. The van der Waals surface area contributed by atoms with Crippen LogP contribution in [0.25, 0.3) is 0 Å². The minimum absolute atomic E-state index is 0. The van der Waals surface area contributed by atoms with Gasteiger partial charge in [0.1, 0.15) is 0 Å². The molecule has 1 unspecified atom stereocenters. The normalized spacial score (nSPS) is 19.9. The number of halogens is 1. The Morgan fingerprint density at radius 2 is 2.24 bits per heavy atom. The van der Waals surface area contributed by atoms with Gasteiger partial charge in [-0.2, -0.15) is 0 Å². The van der Waals surface area contributed by atoms with Crippen LogP contribution in [0.5, 0.6) is 0 Å². The molecule has 102 valence electrons.